The van der Waals surface area contributed by atoms with Crippen LogP contribution in [0.25, 0.3) is 0 Å². The highest BCUT2D eigenvalue weighted by Crippen LogP contribution is 2.25. The molecule has 0 saturated heterocycles. The average molecular weight is 447 g/mol. The molecular weight excluding hydrogens is 424 g/mol. The van der Waals surface area contributed by atoms with Gasteiger partial charge in [-0.15, -0.1) is 10.2 Å². The van der Waals surface area contributed by atoms with Crippen LogP contribution in [0.2, 0.25) is 5.02 Å². The van der Waals surface area contributed by atoms with E-state index in [1.165, 1.54) is 11.8 Å². The van der Waals surface area contributed by atoms with E-state index < -0.39 is 0 Å². The number of anilines is 1. The maximum absolute atomic E-state index is 12.3. The van der Waals surface area contributed by atoms with Crippen molar-refractivity contribution in [2.75, 3.05) is 17.7 Å². The monoisotopic (exact) mass is 446 g/mol. The lowest BCUT2D eigenvalue weighted by Crippen LogP contribution is -2.14. The minimum atomic E-state index is -0.326. The summed E-state index contributed by atoms with van der Waals surface area (Å²) in [6, 6.07) is 14.4. The molecule has 30 heavy (non-hydrogen) atoms. The van der Waals surface area contributed by atoms with Gasteiger partial charge in [0.2, 0.25) is 5.91 Å². The van der Waals surface area contributed by atoms with Crippen LogP contribution in [0.1, 0.15) is 25.8 Å². The molecule has 0 aliphatic rings. The van der Waals surface area contributed by atoms with Crippen LogP contribution in [0.3, 0.4) is 0 Å². The molecule has 1 unspecified atom stereocenters. The van der Waals surface area contributed by atoms with Crippen LogP contribution in [-0.2, 0) is 11.8 Å². The number of thioether (sulfide) groups is 1. The molecule has 0 spiro atoms. The first-order valence-electron chi connectivity index (χ1n) is 9.43. The van der Waals surface area contributed by atoms with Crippen molar-refractivity contribution < 1.29 is 14.3 Å². The summed E-state index contributed by atoms with van der Waals surface area (Å²) in [5.41, 5.74) is 0.714. The van der Waals surface area contributed by atoms with Crippen LogP contribution in [-0.4, -0.2) is 33.0 Å². The molecule has 158 valence electrons. The maximum atomic E-state index is 12.3. The first kappa shape index (κ1) is 22.0. The van der Waals surface area contributed by atoms with Crippen molar-refractivity contribution in [3.05, 3.63) is 59.4 Å². The number of benzene rings is 2. The summed E-state index contributed by atoms with van der Waals surface area (Å²) >= 11 is 7.31. The van der Waals surface area contributed by atoms with Gasteiger partial charge in [0.1, 0.15) is 11.5 Å². The number of amides is 1. The Labute approximate surface area is 184 Å². The first-order chi connectivity index (χ1) is 14.5. The Hall–Kier alpha value is -2.71. The molecule has 3 aromatic rings. The molecule has 1 aromatic heterocycles. The van der Waals surface area contributed by atoms with Crippen molar-refractivity contribution in [2.45, 2.75) is 25.1 Å². The summed E-state index contributed by atoms with van der Waals surface area (Å²) in [7, 11) is 1.85. The lowest BCUT2D eigenvalue weighted by molar-refractivity contribution is -0.113. The normalized spacial score (nSPS) is 11.7. The van der Waals surface area contributed by atoms with Crippen LogP contribution in [0.5, 0.6) is 11.5 Å². The van der Waals surface area contributed by atoms with E-state index in [9.17, 15) is 4.79 Å². The van der Waals surface area contributed by atoms with Gasteiger partial charge in [-0.2, -0.15) is 0 Å². The molecule has 0 radical (unpaired) electrons. The molecule has 1 atom stereocenters. The third-order valence-electron chi connectivity index (χ3n) is 4.12. The molecule has 0 aliphatic heterocycles. The van der Waals surface area contributed by atoms with Gasteiger partial charge in [0.25, 0.3) is 0 Å². The van der Waals surface area contributed by atoms with Crippen LogP contribution in [0.15, 0.2) is 53.7 Å². The molecule has 7 nitrogen and oxygen atoms in total. The molecule has 0 saturated carbocycles. The van der Waals surface area contributed by atoms with Gasteiger partial charge in [-0.25, -0.2) is 0 Å². The first-order valence-corrected chi connectivity index (χ1v) is 10.8. The summed E-state index contributed by atoms with van der Waals surface area (Å²) in [5.74, 6) is 2.16. The zero-order valence-corrected chi connectivity index (χ0v) is 18.5. The van der Waals surface area contributed by atoms with Gasteiger partial charge in [-0.1, -0.05) is 29.4 Å². The summed E-state index contributed by atoms with van der Waals surface area (Å²) in [6.45, 7) is 4.41. The van der Waals surface area contributed by atoms with Gasteiger partial charge >= 0.3 is 0 Å². The van der Waals surface area contributed by atoms with E-state index in [-0.39, 0.29) is 17.8 Å². The highest BCUT2D eigenvalue weighted by atomic mass is 35.5. The third-order valence-corrected chi connectivity index (χ3v) is 5.38. The van der Waals surface area contributed by atoms with Crippen LogP contribution < -0.4 is 14.8 Å². The van der Waals surface area contributed by atoms with Crippen LogP contribution in [0, 0.1) is 0 Å². The largest absolute Gasteiger partial charge is 0.494 e. The molecule has 3 rings (SSSR count). The topological polar surface area (TPSA) is 78.3 Å². The van der Waals surface area contributed by atoms with E-state index in [1.54, 1.807) is 12.1 Å². The second-order valence-electron chi connectivity index (χ2n) is 6.41. The van der Waals surface area contributed by atoms with Gasteiger partial charge in [-0.3, -0.25) is 4.79 Å². The molecule has 1 N–H and O–H groups in total. The summed E-state index contributed by atoms with van der Waals surface area (Å²) in [4.78, 5) is 12.3. The van der Waals surface area contributed by atoms with Gasteiger partial charge in [0.15, 0.2) is 17.1 Å². The average Bonchev–Trinajstić information content (AvgIpc) is 3.09. The Bertz CT molecular complexity index is 994. The smallest absolute Gasteiger partial charge is 0.234 e. The fourth-order valence-electron chi connectivity index (χ4n) is 2.73. The molecule has 0 fully saturated rings. The zero-order chi connectivity index (χ0) is 21.5. The number of rotatable bonds is 9. The molecule has 1 heterocycles. The highest BCUT2D eigenvalue weighted by Gasteiger charge is 2.18. The van der Waals surface area contributed by atoms with E-state index in [0.717, 1.165) is 5.75 Å². The van der Waals surface area contributed by atoms with E-state index in [1.807, 2.05) is 61.9 Å². The highest BCUT2D eigenvalue weighted by molar-refractivity contribution is 7.99. The molecule has 1 amide bonds. The van der Waals surface area contributed by atoms with E-state index in [2.05, 4.69) is 15.5 Å². The van der Waals surface area contributed by atoms with Crippen molar-refractivity contribution in [2.24, 2.45) is 7.05 Å². The quantitative estimate of drug-likeness (QED) is 0.478. The Morgan fingerprint density at radius 3 is 2.67 bits per heavy atom. The van der Waals surface area contributed by atoms with Gasteiger partial charge < -0.3 is 19.4 Å². The van der Waals surface area contributed by atoms with Crippen molar-refractivity contribution in [3.8, 4) is 11.5 Å². The van der Waals surface area contributed by atoms with Crippen LogP contribution >= 0.6 is 23.4 Å². The number of nitrogens with zero attached hydrogens (tertiary/aromatic N) is 3. The molecule has 2 aromatic carbocycles. The second-order valence-corrected chi connectivity index (χ2v) is 7.79. The van der Waals surface area contributed by atoms with E-state index in [0.29, 0.717) is 34.0 Å². The number of aromatic nitrogens is 3. The number of nitrogens with one attached hydrogen (secondary N) is 1. The standard InChI is InChI=1S/C21H23ClN4O3S/c1-4-28-17-10-8-16(9-11-17)23-19(27)13-30-21-25-24-20(26(21)3)14(2)29-18-7-5-6-15(22)12-18/h5-12,14H,4,13H2,1-3H3,(H,23,27). The number of halogens is 1. The van der Waals surface area contributed by atoms with Crippen molar-refractivity contribution in [3.63, 3.8) is 0 Å². The van der Waals surface area contributed by atoms with E-state index >= 15 is 0 Å². The predicted molar refractivity (Wildman–Crippen MR) is 118 cm³/mol. The summed E-state index contributed by atoms with van der Waals surface area (Å²) in [6.07, 6.45) is -0.326. The lowest BCUT2D eigenvalue weighted by atomic mass is 10.3. The fraction of sp³-hybridized carbons (Fsp3) is 0.286. The number of carbonyl (C=O) groups is 1. The molecule has 9 heteroatoms. The van der Waals surface area contributed by atoms with Gasteiger partial charge in [0.05, 0.1) is 12.4 Å². The minimum Gasteiger partial charge on any atom is -0.494 e. The SMILES string of the molecule is CCOc1ccc(NC(=O)CSc2nnc(C(C)Oc3cccc(Cl)c3)n2C)cc1. The van der Waals surface area contributed by atoms with Crippen molar-refractivity contribution in [1.29, 1.82) is 0 Å². The van der Waals surface area contributed by atoms with Crippen molar-refractivity contribution >= 4 is 35.0 Å². The number of hydrogen-bond acceptors (Lipinski definition) is 6. The molecule has 0 aliphatic carbocycles. The van der Waals surface area contributed by atoms with Gasteiger partial charge in [0, 0.05) is 17.8 Å². The summed E-state index contributed by atoms with van der Waals surface area (Å²) < 4.78 is 13.1. The molecule has 0 bridgehead atoms. The molecular formula is C21H23ClN4O3S. The fourth-order valence-corrected chi connectivity index (χ4v) is 3.63. The third kappa shape index (κ3) is 5.90. The second kappa shape index (κ2) is 10.4. The zero-order valence-electron chi connectivity index (χ0n) is 17.0. The summed E-state index contributed by atoms with van der Waals surface area (Å²) in [5, 5.41) is 12.5. The Balaban J connectivity index is 1.54. The van der Waals surface area contributed by atoms with Crippen LogP contribution in [0.4, 0.5) is 5.69 Å². The van der Waals surface area contributed by atoms with Gasteiger partial charge in [-0.05, 0) is 56.3 Å². The van der Waals surface area contributed by atoms with Crippen molar-refractivity contribution in [1.82, 2.24) is 14.8 Å². The minimum absolute atomic E-state index is 0.128. The number of hydrogen-bond donors (Lipinski definition) is 1. The Morgan fingerprint density at radius 2 is 1.97 bits per heavy atom. The number of ether oxygens (including phenoxy) is 2. The Morgan fingerprint density at radius 1 is 1.20 bits per heavy atom. The predicted octanol–water partition coefficient (Wildman–Crippen LogP) is 4.74. The Kier molecular flexibility index (Phi) is 7.59. The van der Waals surface area contributed by atoms with E-state index in [4.69, 9.17) is 21.1 Å². The lowest BCUT2D eigenvalue weighted by Gasteiger charge is -2.14. The maximum Gasteiger partial charge on any atom is 0.234 e. The number of carbonyl (C=O) groups excluding carboxylic acids is 1.